The summed E-state index contributed by atoms with van der Waals surface area (Å²) in [5, 5.41) is 0. The molecule has 0 saturated heterocycles. The van der Waals surface area contributed by atoms with Crippen molar-refractivity contribution in [1.29, 1.82) is 0 Å². The second-order valence-corrected chi connectivity index (χ2v) is 5.96. The minimum absolute atomic E-state index is 0.110. The van der Waals surface area contributed by atoms with Crippen LogP contribution in [-0.4, -0.2) is 19.4 Å². The van der Waals surface area contributed by atoms with Crippen molar-refractivity contribution in [1.82, 2.24) is 0 Å². The highest BCUT2D eigenvalue weighted by molar-refractivity contribution is 9.10. The molecule has 0 atom stereocenters. The molecule has 2 aromatic carbocycles. The van der Waals surface area contributed by atoms with Crippen molar-refractivity contribution in [3.05, 3.63) is 63.6 Å². The van der Waals surface area contributed by atoms with Crippen LogP contribution in [0.15, 0.2) is 46.9 Å². The summed E-state index contributed by atoms with van der Waals surface area (Å²) in [4.78, 5) is 14.3. The number of ketones is 1. The van der Waals surface area contributed by atoms with Crippen molar-refractivity contribution >= 4 is 27.4 Å². The number of hydrogen-bond acceptors (Lipinski definition) is 2. The Bertz CT molecular complexity index is 616. The average molecular weight is 332 g/mol. The fourth-order valence-corrected chi connectivity index (χ4v) is 2.76. The summed E-state index contributed by atoms with van der Waals surface area (Å²) in [6.45, 7) is 4.51. The van der Waals surface area contributed by atoms with Gasteiger partial charge in [-0.1, -0.05) is 40.2 Å². The number of carbonyl (C=O) groups excluding carboxylic acids is 1. The molecule has 0 heterocycles. The first-order valence-corrected chi connectivity index (χ1v) is 7.34. The van der Waals surface area contributed by atoms with Crippen LogP contribution < -0.4 is 4.90 Å². The van der Waals surface area contributed by atoms with Crippen LogP contribution in [0.2, 0.25) is 0 Å². The first-order valence-electron chi connectivity index (χ1n) is 6.54. The molecule has 0 amide bonds. The van der Waals surface area contributed by atoms with Crippen LogP contribution >= 0.6 is 15.9 Å². The van der Waals surface area contributed by atoms with Crippen LogP contribution in [0, 0.1) is 13.8 Å². The summed E-state index contributed by atoms with van der Waals surface area (Å²) >= 11 is 3.43. The maximum Gasteiger partial charge on any atom is 0.183 e. The van der Waals surface area contributed by atoms with Crippen LogP contribution in [-0.2, 0) is 0 Å². The van der Waals surface area contributed by atoms with Crippen LogP contribution in [0.1, 0.15) is 21.5 Å². The summed E-state index contributed by atoms with van der Waals surface area (Å²) in [5.41, 5.74) is 4.21. The number of halogens is 1. The fraction of sp³-hybridized carbons (Fsp3) is 0.235. The minimum Gasteiger partial charge on any atom is -0.367 e. The van der Waals surface area contributed by atoms with Crippen molar-refractivity contribution in [3.63, 3.8) is 0 Å². The van der Waals surface area contributed by atoms with Gasteiger partial charge in [-0.15, -0.1) is 0 Å². The average Bonchev–Trinajstić information content (AvgIpc) is 2.37. The van der Waals surface area contributed by atoms with Crippen molar-refractivity contribution in [2.75, 3.05) is 18.5 Å². The SMILES string of the molecule is Cc1cc(C)cc(N(C)CC(=O)c2ccccc2Br)c1. The van der Waals surface area contributed by atoms with E-state index in [9.17, 15) is 4.79 Å². The van der Waals surface area contributed by atoms with Gasteiger partial charge in [0.25, 0.3) is 0 Å². The van der Waals surface area contributed by atoms with E-state index in [0.717, 1.165) is 15.7 Å². The Kier molecular flexibility index (Phi) is 4.61. The number of rotatable bonds is 4. The molecule has 104 valence electrons. The topological polar surface area (TPSA) is 20.3 Å². The maximum atomic E-state index is 12.3. The third kappa shape index (κ3) is 3.48. The van der Waals surface area contributed by atoms with Gasteiger partial charge < -0.3 is 4.90 Å². The molecule has 0 aromatic heterocycles. The molecule has 0 spiro atoms. The molecular formula is C17H18BrNO. The van der Waals surface area contributed by atoms with Gasteiger partial charge in [0.2, 0.25) is 0 Å². The van der Waals surface area contributed by atoms with Gasteiger partial charge >= 0.3 is 0 Å². The first-order chi connectivity index (χ1) is 9.47. The maximum absolute atomic E-state index is 12.3. The lowest BCUT2D eigenvalue weighted by Crippen LogP contribution is -2.26. The molecule has 0 saturated carbocycles. The molecule has 0 radical (unpaired) electrons. The Balaban J connectivity index is 2.17. The summed E-state index contributed by atoms with van der Waals surface area (Å²) < 4.78 is 0.846. The molecule has 3 heteroatoms. The third-order valence-electron chi connectivity index (χ3n) is 3.20. The van der Waals surface area contributed by atoms with Gasteiger partial charge in [-0.3, -0.25) is 4.79 Å². The molecule has 0 aliphatic rings. The minimum atomic E-state index is 0.110. The number of nitrogens with zero attached hydrogens (tertiary/aromatic N) is 1. The molecule has 0 bridgehead atoms. The standard InChI is InChI=1S/C17H18BrNO/c1-12-8-13(2)10-14(9-12)19(3)11-17(20)15-6-4-5-7-16(15)18/h4-10H,11H2,1-3H3. The van der Waals surface area contributed by atoms with Crippen LogP contribution in [0.4, 0.5) is 5.69 Å². The first kappa shape index (κ1) is 14.8. The van der Waals surface area contributed by atoms with Crippen LogP contribution in [0.5, 0.6) is 0 Å². The normalized spacial score (nSPS) is 10.4. The summed E-state index contributed by atoms with van der Waals surface area (Å²) in [7, 11) is 1.95. The van der Waals surface area contributed by atoms with Gasteiger partial charge in [0.15, 0.2) is 5.78 Å². The van der Waals surface area contributed by atoms with Crippen molar-refractivity contribution in [2.45, 2.75) is 13.8 Å². The number of Topliss-reactive ketones (excluding diaryl/α,β-unsaturated/α-hetero) is 1. The lowest BCUT2D eigenvalue weighted by Gasteiger charge is -2.20. The summed E-state index contributed by atoms with van der Waals surface area (Å²) in [6, 6.07) is 13.9. The zero-order valence-corrected chi connectivity index (χ0v) is 13.6. The molecule has 0 fully saturated rings. The van der Waals surface area contributed by atoms with Gasteiger partial charge in [-0.05, 0) is 43.2 Å². The van der Waals surface area contributed by atoms with E-state index in [1.807, 2.05) is 36.2 Å². The van der Waals surface area contributed by atoms with Crippen molar-refractivity contribution in [2.24, 2.45) is 0 Å². The fourth-order valence-electron chi connectivity index (χ4n) is 2.25. The Labute approximate surface area is 128 Å². The summed E-state index contributed by atoms with van der Waals surface area (Å²) in [5.74, 6) is 0.110. The van der Waals surface area contributed by atoms with E-state index in [1.54, 1.807) is 0 Å². The number of benzene rings is 2. The third-order valence-corrected chi connectivity index (χ3v) is 3.89. The Morgan fingerprint density at radius 2 is 1.70 bits per heavy atom. The number of carbonyl (C=O) groups is 1. The van der Waals surface area contributed by atoms with E-state index in [1.165, 1.54) is 11.1 Å². The molecule has 20 heavy (non-hydrogen) atoms. The Hall–Kier alpha value is -1.61. The molecule has 2 nitrogen and oxygen atoms in total. The van der Waals surface area contributed by atoms with Crippen molar-refractivity contribution < 1.29 is 4.79 Å². The monoisotopic (exact) mass is 331 g/mol. The lowest BCUT2D eigenvalue weighted by molar-refractivity contribution is 0.0999. The second-order valence-electron chi connectivity index (χ2n) is 5.10. The highest BCUT2D eigenvalue weighted by atomic mass is 79.9. The lowest BCUT2D eigenvalue weighted by atomic mass is 10.1. The Morgan fingerprint density at radius 3 is 2.30 bits per heavy atom. The molecule has 0 unspecified atom stereocenters. The van der Waals surface area contributed by atoms with E-state index in [4.69, 9.17) is 0 Å². The molecule has 0 aliphatic heterocycles. The number of hydrogen-bond donors (Lipinski definition) is 0. The van der Waals surface area contributed by atoms with E-state index in [0.29, 0.717) is 6.54 Å². The largest absolute Gasteiger partial charge is 0.367 e. The molecule has 2 rings (SSSR count). The molecule has 2 aromatic rings. The van der Waals surface area contributed by atoms with E-state index in [2.05, 4.69) is 48.0 Å². The predicted molar refractivity (Wildman–Crippen MR) is 87.7 cm³/mol. The molecular weight excluding hydrogens is 314 g/mol. The van der Waals surface area contributed by atoms with Gasteiger partial charge in [0, 0.05) is 22.8 Å². The zero-order chi connectivity index (χ0) is 14.7. The highest BCUT2D eigenvalue weighted by Gasteiger charge is 2.12. The molecule has 0 N–H and O–H groups in total. The number of likely N-dealkylation sites (N-methyl/N-ethyl adjacent to an activating group) is 1. The van der Waals surface area contributed by atoms with Gasteiger partial charge in [0.05, 0.1) is 6.54 Å². The number of anilines is 1. The quantitative estimate of drug-likeness (QED) is 0.774. The van der Waals surface area contributed by atoms with E-state index in [-0.39, 0.29) is 5.78 Å². The second kappa shape index (κ2) is 6.23. The van der Waals surface area contributed by atoms with Gasteiger partial charge in [0.1, 0.15) is 0 Å². The predicted octanol–water partition coefficient (Wildman–Crippen LogP) is 4.39. The Morgan fingerprint density at radius 1 is 1.10 bits per heavy atom. The van der Waals surface area contributed by atoms with Gasteiger partial charge in [-0.25, -0.2) is 0 Å². The number of aryl methyl sites for hydroxylation is 2. The van der Waals surface area contributed by atoms with Crippen molar-refractivity contribution in [3.8, 4) is 0 Å². The summed E-state index contributed by atoms with van der Waals surface area (Å²) in [6.07, 6.45) is 0. The van der Waals surface area contributed by atoms with Crippen LogP contribution in [0.25, 0.3) is 0 Å². The van der Waals surface area contributed by atoms with Gasteiger partial charge in [-0.2, -0.15) is 0 Å². The van der Waals surface area contributed by atoms with E-state index >= 15 is 0 Å². The zero-order valence-electron chi connectivity index (χ0n) is 12.0. The highest BCUT2D eigenvalue weighted by Crippen LogP contribution is 2.20. The smallest absolute Gasteiger partial charge is 0.183 e. The van der Waals surface area contributed by atoms with Crippen LogP contribution in [0.3, 0.4) is 0 Å². The molecule has 0 aliphatic carbocycles. The van der Waals surface area contributed by atoms with E-state index < -0.39 is 0 Å².